The summed E-state index contributed by atoms with van der Waals surface area (Å²) in [7, 11) is -1.92. The number of benzene rings is 2. The molecule has 0 bridgehead atoms. The van der Waals surface area contributed by atoms with Crippen molar-refractivity contribution in [2.45, 2.75) is 52.7 Å². The number of ether oxygens (including phenoxy) is 2. The molecule has 1 amide bonds. The summed E-state index contributed by atoms with van der Waals surface area (Å²) in [5, 5.41) is 3.00. The molecular formula is C24H32N2O5S. The maximum atomic E-state index is 13.1. The summed E-state index contributed by atoms with van der Waals surface area (Å²) in [5.74, 6) is 1.11. The van der Waals surface area contributed by atoms with Crippen LogP contribution in [0.5, 0.6) is 11.5 Å². The van der Waals surface area contributed by atoms with Crippen LogP contribution in [0.25, 0.3) is 0 Å². The highest BCUT2D eigenvalue weighted by Crippen LogP contribution is 2.36. The van der Waals surface area contributed by atoms with Crippen molar-refractivity contribution in [3.05, 3.63) is 52.6 Å². The molecular weight excluding hydrogens is 428 g/mol. The third-order valence-electron chi connectivity index (χ3n) is 5.74. The zero-order chi connectivity index (χ0) is 23.8. The number of amides is 1. The van der Waals surface area contributed by atoms with Gasteiger partial charge in [0.05, 0.1) is 31.6 Å². The summed E-state index contributed by atoms with van der Waals surface area (Å²) in [6, 6.07) is 9.03. The van der Waals surface area contributed by atoms with E-state index in [0.717, 1.165) is 34.3 Å². The largest absolute Gasteiger partial charge is 0.496 e. The molecule has 0 aromatic heterocycles. The Morgan fingerprint density at radius 2 is 1.84 bits per heavy atom. The Labute approximate surface area is 190 Å². The Balaban J connectivity index is 1.86. The summed E-state index contributed by atoms with van der Waals surface area (Å²) < 4.78 is 37.4. The molecule has 8 heteroatoms. The summed E-state index contributed by atoms with van der Waals surface area (Å²) in [6.07, 6.45) is 0.179. The van der Waals surface area contributed by atoms with Gasteiger partial charge in [0.1, 0.15) is 11.5 Å². The van der Waals surface area contributed by atoms with Crippen molar-refractivity contribution >= 4 is 21.6 Å². The molecule has 3 rings (SSSR count). The zero-order valence-electron chi connectivity index (χ0n) is 19.7. The lowest BCUT2D eigenvalue weighted by molar-refractivity contribution is -0.128. The van der Waals surface area contributed by atoms with Gasteiger partial charge in [-0.1, -0.05) is 19.9 Å². The van der Waals surface area contributed by atoms with E-state index in [0.29, 0.717) is 11.4 Å². The van der Waals surface area contributed by atoms with Gasteiger partial charge in [-0.3, -0.25) is 9.10 Å². The second-order valence-corrected chi connectivity index (χ2v) is 10.6. The van der Waals surface area contributed by atoms with Crippen LogP contribution in [0, 0.1) is 13.8 Å². The molecule has 2 aromatic carbocycles. The van der Waals surface area contributed by atoms with E-state index in [4.69, 9.17) is 9.47 Å². The van der Waals surface area contributed by atoms with Gasteiger partial charge in [0.25, 0.3) is 5.91 Å². The number of carbonyl (C=O) groups is 1. The number of nitrogens with zero attached hydrogens (tertiary/aromatic N) is 1. The van der Waals surface area contributed by atoms with E-state index in [1.807, 2.05) is 32.9 Å². The molecule has 0 fully saturated rings. The molecule has 1 heterocycles. The molecule has 0 radical (unpaired) electrons. The summed E-state index contributed by atoms with van der Waals surface area (Å²) in [5.41, 5.74) is 4.41. The Bertz CT molecular complexity index is 1130. The smallest absolute Gasteiger partial charge is 0.263 e. The highest BCUT2D eigenvalue weighted by molar-refractivity contribution is 7.92. The number of fused-ring (bicyclic) bond motifs is 1. The molecule has 2 atom stereocenters. The Hall–Kier alpha value is -2.74. The SMILES string of the molecule is COc1cc(C)c(C(C)NC(=O)C2CN(S(C)(=O)=O)c3ccc(C)cc3O2)cc1C(C)C. The molecule has 32 heavy (non-hydrogen) atoms. The molecule has 1 N–H and O–H groups in total. The van der Waals surface area contributed by atoms with E-state index in [2.05, 4.69) is 25.2 Å². The van der Waals surface area contributed by atoms with E-state index in [1.165, 1.54) is 4.31 Å². The number of nitrogens with one attached hydrogen (secondary N) is 1. The predicted octanol–water partition coefficient (Wildman–Crippen LogP) is 3.84. The van der Waals surface area contributed by atoms with Crippen molar-refractivity contribution in [3.8, 4) is 11.5 Å². The quantitative estimate of drug-likeness (QED) is 0.708. The lowest BCUT2D eigenvalue weighted by Gasteiger charge is -2.34. The highest BCUT2D eigenvalue weighted by atomic mass is 32.2. The van der Waals surface area contributed by atoms with E-state index >= 15 is 0 Å². The van der Waals surface area contributed by atoms with Crippen LogP contribution < -0.4 is 19.1 Å². The van der Waals surface area contributed by atoms with Crippen LogP contribution in [0.15, 0.2) is 30.3 Å². The van der Waals surface area contributed by atoms with Crippen LogP contribution in [0.3, 0.4) is 0 Å². The maximum Gasteiger partial charge on any atom is 0.263 e. The van der Waals surface area contributed by atoms with E-state index in [-0.39, 0.29) is 24.4 Å². The van der Waals surface area contributed by atoms with Crippen LogP contribution in [0.1, 0.15) is 55.0 Å². The summed E-state index contributed by atoms with van der Waals surface area (Å²) in [6.45, 7) is 9.88. The zero-order valence-corrected chi connectivity index (χ0v) is 20.5. The standard InChI is InChI=1S/C24H32N2O5S/c1-14(2)18-12-19(16(4)11-21(18)30-6)17(5)25-24(27)23-13-26(32(7,28)29)20-9-8-15(3)10-22(20)31-23/h8-12,14,17,23H,13H2,1-7H3,(H,25,27). The number of anilines is 1. The first-order valence-electron chi connectivity index (χ1n) is 10.7. The van der Waals surface area contributed by atoms with Crippen molar-refractivity contribution in [1.29, 1.82) is 0 Å². The molecule has 174 valence electrons. The third-order valence-corrected chi connectivity index (χ3v) is 6.89. The minimum Gasteiger partial charge on any atom is -0.496 e. The minimum atomic E-state index is -3.57. The molecule has 1 aliphatic rings. The highest BCUT2D eigenvalue weighted by Gasteiger charge is 2.35. The van der Waals surface area contributed by atoms with Crippen LogP contribution in [-0.4, -0.2) is 40.3 Å². The van der Waals surface area contributed by atoms with Gasteiger partial charge in [0.15, 0.2) is 6.10 Å². The third kappa shape index (κ3) is 4.85. The van der Waals surface area contributed by atoms with Gasteiger partial charge in [-0.15, -0.1) is 0 Å². The van der Waals surface area contributed by atoms with E-state index in [1.54, 1.807) is 19.2 Å². The molecule has 0 spiro atoms. The number of rotatable bonds is 6. The Kier molecular flexibility index (Phi) is 6.74. The monoisotopic (exact) mass is 460 g/mol. The van der Waals surface area contributed by atoms with E-state index in [9.17, 15) is 13.2 Å². The second kappa shape index (κ2) is 9.02. The second-order valence-electron chi connectivity index (χ2n) is 8.71. The van der Waals surface area contributed by atoms with Crippen LogP contribution in [0.2, 0.25) is 0 Å². The van der Waals surface area contributed by atoms with Gasteiger partial charge in [0, 0.05) is 0 Å². The molecule has 0 aliphatic carbocycles. The molecule has 0 saturated heterocycles. The molecule has 7 nitrogen and oxygen atoms in total. The van der Waals surface area contributed by atoms with Crippen LogP contribution in [-0.2, 0) is 14.8 Å². The van der Waals surface area contributed by atoms with Crippen molar-refractivity contribution in [2.24, 2.45) is 0 Å². The van der Waals surface area contributed by atoms with Crippen molar-refractivity contribution in [2.75, 3.05) is 24.2 Å². The van der Waals surface area contributed by atoms with Crippen molar-refractivity contribution in [1.82, 2.24) is 5.32 Å². The average molecular weight is 461 g/mol. The van der Waals surface area contributed by atoms with Gasteiger partial charge >= 0.3 is 0 Å². The van der Waals surface area contributed by atoms with Gasteiger partial charge < -0.3 is 14.8 Å². The first kappa shape index (κ1) is 23.9. The van der Waals surface area contributed by atoms with E-state index < -0.39 is 16.1 Å². The summed E-state index contributed by atoms with van der Waals surface area (Å²) >= 11 is 0. The predicted molar refractivity (Wildman–Crippen MR) is 126 cm³/mol. The fourth-order valence-corrected chi connectivity index (χ4v) is 4.92. The fraction of sp³-hybridized carbons (Fsp3) is 0.458. The summed E-state index contributed by atoms with van der Waals surface area (Å²) in [4.78, 5) is 13.1. The molecule has 2 aromatic rings. The lowest BCUT2D eigenvalue weighted by Crippen LogP contribution is -2.50. The maximum absolute atomic E-state index is 13.1. The van der Waals surface area contributed by atoms with Gasteiger partial charge in [0.2, 0.25) is 10.0 Å². The van der Waals surface area contributed by atoms with Gasteiger partial charge in [-0.2, -0.15) is 0 Å². The fourth-order valence-electron chi connectivity index (χ4n) is 4.01. The number of hydrogen-bond acceptors (Lipinski definition) is 5. The minimum absolute atomic E-state index is 0.0771. The molecule has 0 saturated carbocycles. The number of sulfonamides is 1. The Morgan fingerprint density at radius 1 is 1.16 bits per heavy atom. The number of methoxy groups -OCH3 is 1. The Morgan fingerprint density at radius 3 is 2.44 bits per heavy atom. The van der Waals surface area contributed by atoms with Crippen LogP contribution >= 0.6 is 0 Å². The number of hydrogen-bond donors (Lipinski definition) is 1. The molecule has 2 unspecified atom stereocenters. The first-order valence-corrected chi connectivity index (χ1v) is 12.5. The lowest BCUT2D eigenvalue weighted by atomic mass is 9.93. The van der Waals surface area contributed by atoms with Gasteiger partial charge in [-0.05, 0) is 73.2 Å². The molecule has 1 aliphatic heterocycles. The van der Waals surface area contributed by atoms with Crippen molar-refractivity contribution < 1.29 is 22.7 Å². The van der Waals surface area contributed by atoms with Crippen LogP contribution in [0.4, 0.5) is 5.69 Å². The number of aryl methyl sites for hydroxylation is 2. The number of carbonyl (C=O) groups excluding carboxylic acids is 1. The normalized spacial score (nSPS) is 16.9. The van der Waals surface area contributed by atoms with Gasteiger partial charge in [-0.25, -0.2) is 8.42 Å². The van der Waals surface area contributed by atoms with Crippen molar-refractivity contribution in [3.63, 3.8) is 0 Å². The average Bonchev–Trinajstić information content (AvgIpc) is 2.71. The topological polar surface area (TPSA) is 84.9 Å². The first-order chi connectivity index (χ1) is 14.9.